The van der Waals surface area contributed by atoms with Crippen LogP contribution in [0.4, 0.5) is 5.82 Å². The van der Waals surface area contributed by atoms with Gasteiger partial charge in [-0.05, 0) is 0 Å². The molecule has 0 amide bonds. The normalized spacial score (nSPS) is 9.43. The van der Waals surface area contributed by atoms with Gasteiger partial charge in [-0.2, -0.15) is 4.98 Å². The van der Waals surface area contributed by atoms with Gasteiger partial charge in [0, 0.05) is 13.2 Å². The SMILES string of the molecule is C#CCOc1cc(N)nc(COC)n1. The molecular formula is C9H11N3O2. The summed E-state index contributed by atoms with van der Waals surface area (Å²) in [5, 5.41) is 0. The fourth-order valence-corrected chi connectivity index (χ4v) is 0.875. The topological polar surface area (TPSA) is 70.3 Å². The molecule has 0 unspecified atom stereocenters. The molecule has 1 aromatic rings. The highest BCUT2D eigenvalue weighted by molar-refractivity contribution is 5.32. The third-order valence-electron chi connectivity index (χ3n) is 1.35. The van der Waals surface area contributed by atoms with Gasteiger partial charge in [0.25, 0.3) is 0 Å². The summed E-state index contributed by atoms with van der Waals surface area (Å²) < 4.78 is 9.97. The van der Waals surface area contributed by atoms with E-state index in [0.717, 1.165) is 0 Å². The minimum Gasteiger partial charge on any atom is -0.464 e. The zero-order valence-electron chi connectivity index (χ0n) is 7.86. The average molecular weight is 193 g/mol. The second-order valence-corrected chi connectivity index (χ2v) is 2.47. The highest BCUT2D eigenvalue weighted by atomic mass is 16.5. The molecule has 0 saturated heterocycles. The van der Waals surface area contributed by atoms with Crippen molar-refractivity contribution in [2.24, 2.45) is 0 Å². The van der Waals surface area contributed by atoms with E-state index in [0.29, 0.717) is 17.5 Å². The lowest BCUT2D eigenvalue weighted by Crippen LogP contribution is -2.04. The van der Waals surface area contributed by atoms with Crippen LogP contribution in [0.15, 0.2) is 6.07 Å². The zero-order valence-corrected chi connectivity index (χ0v) is 7.86. The van der Waals surface area contributed by atoms with Crippen LogP contribution in [-0.2, 0) is 11.3 Å². The van der Waals surface area contributed by atoms with Gasteiger partial charge in [-0.3, -0.25) is 0 Å². The van der Waals surface area contributed by atoms with Gasteiger partial charge >= 0.3 is 0 Å². The van der Waals surface area contributed by atoms with Crippen molar-refractivity contribution in [1.82, 2.24) is 9.97 Å². The predicted octanol–water partition coefficient (Wildman–Crippen LogP) is 0.217. The Morgan fingerprint density at radius 3 is 3.00 bits per heavy atom. The summed E-state index contributed by atoms with van der Waals surface area (Å²) in [7, 11) is 1.55. The van der Waals surface area contributed by atoms with Crippen LogP contribution >= 0.6 is 0 Å². The first-order valence-electron chi connectivity index (χ1n) is 3.95. The Balaban J connectivity index is 2.79. The molecular weight excluding hydrogens is 182 g/mol. The van der Waals surface area contributed by atoms with E-state index in [1.807, 2.05) is 0 Å². The molecule has 1 rings (SSSR count). The van der Waals surface area contributed by atoms with Gasteiger partial charge in [-0.25, -0.2) is 4.98 Å². The molecule has 0 aromatic carbocycles. The molecule has 2 N–H and O–H groups in total. The number of hydrogen-bond donors (Lipinski definition) is 1. The number of aromatic nitrogens is 2. The first-order valence-corrected chi connectivity index (χ1v) is 3.95. The van der Waals surface area contributed by atoms with Crippen molar-refractivity contribution in [2.75, 3.05) is 19.5 Å². The van der Waals surface area contributed by atoms with E-state index in [2.05, 4.69) is 15.9 Å². The lowest BCUT2D eigenvalue weighted by atomic mass is 10.5. The number of terminal acetylenes is 1. The van der Waals surface area contributed by atoms with Crippen molar-refractivity contribution in [3.8, 4) is 18.2 Å². The van der Waals surface area contributed by atoms with Crippen molar-refractivity contribution >= 4 is 5.82 Å². The summed E-state index contributed by atoms with van der Waals surface area (Å²) >= 11 is 0. The Morgan fingerprint density at radius 1 is 1.57 bits per heavy atom. The van der Waals surface area contributed by atoms with Crippen LogP contribution < -0.4 is 10.5 Å². The smallest absolute Gasteiger partial charge is 0.219 e. The first-order chi connectivity index (χ1) is 6.76. The van der Waals surface area contributed by atoms with Crippen LogP contribution in [0.25, 0.3) is 0 Å². The molecule has 0 fully saturated rings. The minimum absolute atomic E-state index is 0.156. The van der Waals surface area contributed by atoms with Gasteiger partial charge in [0.05, 0.1) is 0 Å². The summed E-state index contributed by atoms with van der Waals surface area (Å²) in [6.07, 6.45) is 5.04. The summed E-state index contributed by atoms with van der Waals surface area (Å²) in [6.45, 7) is 0.445. The Hall–Kier alpha value is -1.80. The van der Waals surface area contributed by atoms with E-state index in [9.17, 15) is 0 Å². The molecule has 0 aliphatic rings. The predicted molar refractivity (Wildman–Crippen MR) is 51.5 cm³/mol. The number of anilines is 1. The van der Waals surface area contributed by atoms with Crippen LogP contribution in [0.3, 0.4) is 0 Å². The largest absolute Gasteiger partial charge is 0.464 e. The van der Waals surface area contributed by atoms with Crippen LogP contribution in [0.1, 0.15) is 5.82 Å². The number of rotatable bonds is 4. The van der Waals surface area contributed by atoms with Gasteiger partial charge in [0.1, 0.15) is 12.4 Å². The standard InChI is InChI=1S/C9H11N3O2/c1-3-4-14-9-5-7(10)11-8(12-9)6-13-2/h1,5H,4,6H2,2H3,(H2,10,11,12). The van der Waals surface area contributed by atoms with Gasteiger partial charge in [-0.15, -0.1) is 6.42 Å². The molecule has 0 aliphatic carbocycles. The molecule has 1 aromatic heterocycles. The molecule has 0 radical (unpaired) electrons. The molecule has 5 nitrogen and oxygen atoms in total. The van der Waals surface area contributed by atoms with Crippen LogP contribution in [-0.4, -0.2) is 23.7 Å². The molecule has 0 spiro atoms. The first kappa shape index (κ1) is 10.3. The minimum atomic E-state index is 0.156. The molecule has 14 heavy (non-hydrogen) atoms. The Labute approximate surface area is 82.3 Å². The van der Waals surface area contributed by atoms with E-state index >= 15 is 0 Å². The van der Waals surface area contributed by atoms with Gasteiger partial charge in [0.15, 0.2) is 12.4 Å². The molecule has 0 atom stereocenters. The van der Waals surface area contributed by atoms with Crippen LogP contribution in [0, 0.1) is 12.3 Å². The van der Waals surface area contributed by atoms with E-state index < -0.39 is 0 Å². The fourth-order valence-electron chi connectivity index (χ4n) is 0.875. The van der Waals surface area contributed by atoms with Crippen LogP contribution in [0.2, 0.25) is 0 Å². The summed E-state index contributed by atoms with van der Waals surface area (Å²) in [5.74, 6) is 3.50. The molecule has 0 bridgehead atoms. The van der Waals surface area contributed by atoms with Crippen molar-refractivity contribution in [1.29, 1.82) is 0 Å². The van der Waals surface area contributed by atoms with E-state index in [-0.39, 0.29) is 13.2 Å². The second-order valence-electron chi connectivity index (χ2n) is 2.47. The summed E-state index contributed by atoms with van der Waals surface area (Å²) in [5.41, 5.74) is 5.52. The highest BCUT2D eigenvalue weighted by Crippen LogP contribution is 2.10. The fraction of sp³-hybridized carbons (Fsp3) is 0.333. The van der Waals surface area contributed by atoms with Crippen molar-refractivity contribution in [3.63, 3.8) is 0 Å². The number of nitrogens with two attached hydrogens (primary N) is 1. The maximum atomic E-state index is 5.52. The second kappa shape index (κ2) is 5.04. The number of nitrogen functional groups attached to an aromatic ring is 1. The number of hydrogen-bond acceptors (Lipinski definition) is 5. The van der Waals surface area contributed by atoms with E-state index in [4.69, 9.17) is 21.6 Å². The molecule has 0 saturated carbocycles. The Kier molecular flexibility index (Phi) is 3.70. The van der Waals surface area contributed by atoms with Crippen molar-refractivity contribution in [3.05, 3.63) is 11.9 Å². The average Bonchev–Trinajstić information content (AvgIpc) is 2.14. The monoisotopic (exact) mass is 193 g/mol. The summed E-state index contributed by atoms with van der Waals surface area (Å²) in [4.78, 5) is 7.97. The lowest BCUT2D eigenvalue weighted by Gasteiger charge is -2.04. The van der Waals surface area contributed by atoms with Gasteiger partial charge < -0.3 is 15.2 Å². The maximum absolute atomic E-state index is 5.52. The third kappa shape index (κ3) is 2.92. The van der Waals surface area contributed by atoms with Crippen molar-refractivity contribution < 1.29 is 9.47 Å². The Morgan fingerprint density at radius 2 is 2.36 bits per heavy atom. The maximum Gasteiger partial charge on any atom is 0.219 e. The molecule has 0 aliphatic heterocycles. The zero-order chi connectivity index (χ0) is 10.4. The third-order valence-corrected chi connectivity index (χ3v) is 1.35. The number of nitrogens with zero attached hydrogens (tertiary/aromatic N) is 2. The van der Waals surface area contributed by atoms with Crippen molar-refractivity contribution in [2.45, 2.75) is 6.61 Å². The summed E-state index contributed by atoms with van der Waals surface area (Å²) in [6, 6.07) is 1.51. The van der Waals surface area contributed by atoms with Crippen LogP contribution in [0.5, 0.6) is 5.88 Å². The highest BCUT2D eigenvalue weighted by Gasteiger charge is 2.02. The molecule has 1 heterocycles. The molecule has 74 valence electrons. The number of methoxy groups -OCH3 is 1. The van der Waals surface area contributed by atoms with Gasteiger partial charge in [-0.1, -0.05) is 5.92 Å². The Bertz CT molecular complexity index is 346. The van der Waals surface area contributed by atoms with E-state index in [1.54, 1.807) is 7.11 Å². The molecule has 5 heteroatoms. The number of ether oxygens (including phenoxy) is 2. The van der Waals surface area contributed by atoms with Gasteiger partial charge in [0.2, 0.25) is 5.88 Å². The quantitative estimate of drug-likeness (QED) is 0.692. The lowest BCUT2D eigenvalue weighted by molar-refractivity contribution is 0.176. The van der Waals surface area contributed by atoms with E-state index in [1.165, 1.54) is 6.07 Å².